The number of carbonyl (C=O) groups excluding carboxylic acids is 1. The molecule has 0 unspecified atom stereocenters. The molecule has 3 rings (SSSR count). The van der Waals surface area contributed by atoms with Crippen LogP contribution in [0.1, 0.15) is 12.0 Å². The van der Waals surface area contributed by atoms with E-state index in [2.05, 4.69) is 10.3 Å². The molecule has 1 amide bonds. The molecule has 1 aliphatic heterocycles. The number of hydrogen-bond donors (Lipinski definition) is 1. The normalized spacial score (nSPS) is 20.1. The highest BCUT2D eigenvalue weighted by molar-refractivity contribution is 7.91. The van der Waals surface area contributed by atoms with Crippen LogP contribution in [0.15, 0.2) is 36.5 Å². The third-order valence-corrected chi connectivity index (χ3v) is 5.78. The molecule has 1 fully saturated rings. The Morgan fingerprint density at radius 3 is 2.86 bits per heavy atom. The molecule has 1 saturated heterocycles. The van der Waals surface area contributed by atoms with Crippen molar-refractivity contribution in [3.63, 3.8) is 0 Å². The van der Waals surface area contributed by atoms with Gasteiger partial charge in [-0.2, -0.15) is 0 Å². The van der Waals surface area contributed by atoms with Gasteiger partial charge in [-0.25, -0.2) is 8.42 Å². The second-order valence-corrected chi connectivity index (χ2v) is 7.86. The van der Waals surface area contributed by atoms with Crippen molar-refractivity contribution >= 4 is 26.6 Å². The summed E-state index contributed by atoms with van der Waals surface area (Å²) in [6.45, 7) is 0.491. The fourth-order valence-corrected chi connectivity index (χ4v) is 4.58. The number of nitrogens with zero attached hydrogens (tertiary/aromatic N) is 1. The summed E-state index contributed by atoms with van der Waals surface area (Å²) in [6.07, 6.45) is 2.87. The van der Waals surface area contributed by atoms with E-state index in [4.69, 9.17) is 0 Å². The topological polar surface area (TPSA) is 76.1 Å². The number of fused-ring (bicyclic) bond motifs is 1. The molecule has 2 heterocycles. The molecule has 0 radical (unpaired) electrons. The van der Waals surface area contributed by atoms with Gasteiger partial charge in [0, 0.05) is 18.1 Å². The number of hydrogen-bond acceptors (Lipinski definition) is 4. The Kier molecular flexibility index (Phi) is 4.11. The van der Waals surface area contributed by atoms with E-state index in [0.717, 1.165) is 16.5 Å². The highest BCUT2D eigenvalue weighted by Gasteiger charge is 2.32. The zero-order valence-electron chi connectivity index (χ0n) is 12.2. The lowest BCUT2D eigenvalue weighted by Crippen LogP contribution is -2.32. The number of benzene rings is 1. The third-order valence-electron chi connectivity index (χ3n) is 4.01. The van der Waals surface area contributed by atoms with Crippen molar-refractivity contribution in [2.75, 3.05) is 18.1 Å². The summed E-state index contributed by atoms with van der Waals surface area (Å²) in [5.74, 6) is -0.447. The van der Waals surface area contributed by atoms with Gasteiger partial charge in [0.15, 0.2) is 9.84 Å². The molecule has 0 bridgehead atoms. The van der Waals surface area contributed by atoms with Gasteiger partial charge in [-0.05, 0) is 24.5 Å². The van der Waals surface area contributed by atoms with Gasteiger partial charge in [0.25, 0.3) is 0 Å². The highest BCUT2D eigenvalue weighted by Crippen LogP contribution is 2.19. The summed E-state index contributed by atoms with van der Waals surface area (Å²) in [5.41, 5.74) is 2.03. The first kappa shape index (κ1) is 15.0. The first-order valence-corrected chi connectivity index (χ1v) is 9.18. The van der Waals surface area contributed by atoms with Crippen LogP contribution < -0.4 is 5.32 Å². The summed E-state index contributed by atoms with van der Waals surface area (Å²) < 4.78 is 22.8. The maximum atomic E-state index is 12.0. The summed E-state index contributed by atoms with van der Waals surface area (Å²) in [7, 11) is -3.02. The maximum absolute atomic E-state index is 12.0. The van der Waals surface area contributed by atoms with E-state index >= 15 is 0 Å². The second kappa shape index (κ2) is 6.04. The van der Waals surface area contributed by atoms with E-state index in [9.17, 15) is 13.2 Å². The average molecular weight is 318 g/mol. The molecule has 5 nitrogen and oxygen atoms in total. The summed E-state index contributed by atoms with van der Waals surface area (Å²) in [5, 5.41) is 3.92. The van der Waals surface area contributed by atoms with E-state index in [0.29, 0.717) is 19.4 Å². The summed E-state index contributed by atoms with van der Waals surface area (Å²) in [6, 6.07) is 9.89. The number of pyridine rings is 1. The van der Waals surface area contributed by atoms with E-state index < -0.39 is 15.8 Å². The van der Waals surface area contributed by atoms with Crippen LogP contribution in [0.4, 0.5) is 0 Å². The Bertz CT molecular complexity index is 797. The molecule has 1 N–H and O–H groups in total. The lowest BCUT2D eigenvalue weighted by Gasteiger charge is -2.10. The van der Waals surface area contributed by atoms with Crippen molar-refractivity contribution in [3.8, 4) is 0 Å². The molecule has 0 aliphatic carbocycles. The van der Waals surface area contributed by atoms with E-state index in [1.807, 2.05) is 30.3 Å². The van der Waals surface area contributed by atoms with Crippen molar-refractivity contribution in [1.29, 1.82) is 0 Å². The zero-order chi connectivity index (χ0) is 15.6. The third kappa shape index (κ3) is 3.27. The Morgan fingerprint density at radius 1 is 1.27 bits per heavy atom. The number of para-hydroxylation sites is 1. The molecule has 1 aromatic heterocycles. The molecule has 0 saturated carbocycles. The molecule has 0 spiro atoms. The van der Waals surface area contributed by atoms with Crippen LogP contribution >= 0.6 is 0 Å². The van der Waals surface area contributed by atoms with Crippen molar-refractivity contribution < 1.29 is 13.2 Å². The molecule has 1 aliphatic rings. The Balaban J connectivity index is 1.60. The quantitative estimate of drug-likeness (QED) is 0.922. The SMILES string of the molecule is O=C(NCCc1cccc2cccnc12)[C@H]1CCS(=O)(=O)C1. The van der Waals surface area contributed by atoms with Gasteiger partial charge in [-0.3, -0.25) is 9.78 Å². The minimum absolute atomic E-state index is 0.0192. The molecular weight excluding hydrogens is 300 g/mol. The molecule has 1 aromatic carbocycles. The van der Waals surface area contributed by atoms with Gasteiger partial charge in [-0.15, -0.1) is 0 Å². The monoisotopic (exact) mass is 318 g/mol. The van der Waals surface area contributed by atoms with Gasteiger partial charge in [0.05, 0.1) is 22.9 Å². The maximum Gasteiger partial charge on any atom is 0.224 e. The van der Waals surface area contributed by atoms with E-state index in [1.165, 1.54) is 0 Å². The molecule has 116 valence electrons. The average Bonchev–Trinajstić information content (AvgIpc) is 2.88. The first-order chi connectivity index (χ1) is 10.6. The molecular formula is C16H18N2O3S. The number of rotatable bonds is 4. The Labute approximate surface area is 129 Å². The van der Waals surface area contributed by atoms with Crippen molar-refractivity contribution in [2.45, 2.75) is 12.8 Å². The smallest absolute Gasteiger partial charge is 0.224 e. The van der Waals surface area contributed by atoms with Crippen molar-refractivity contribution in [1.82, 2.24) is 10.3 Å². The Hall–Kier alpha value is -1.95. The molecule has 22 heavy (non-hydrogen) atoms. The van der Waals surface area contributed by atoms with Gasteiger partial charge >= 0.3 is 0 Å². The largest absolute Gasteiger partial charge is 0.356 e. The number of amides is 1. The van der Waals surface area contributed by atoms with Crippen LogP contribution in [0.25, 0.3) is 10.9 Å². The summed E-state index contributed by atoms with van der Waals surface area (Å²) in [4.78, 5) is 16.4. The number of aromatic nitrogens is 1. The Morgan fingerprint density at radius 2 is 2.09 bits per heavy atom. The lowest BCUT2D eigenvalue weighted by molar-refractivity contribution is -0.124. The lowest BCUT2D eigenvalue weighted by atomic mass is 10.1. The second-order valence-electron chi connectivity index (χ2n) is 5.63. The number of sulfone groups is 1. The van der Waals surface area contributed by atoms with Crippen LogP contribution in [-0.4, -0.2) is 37.4 Å². The number of carbonyl (C=O) groups is 1. The van der Waals surface area contributed by atoms with E-state index in [1.54, 1.807) is 6.20 Å². The van der Waals surface area contributed by atoms with Gasteiger partial charge < -0.3 is 5.32 Å². The predicted molar refractivity (Wildman–Crippen MR) is 85.2 cm³/mol. The summed E-state index contributed by atoms with van der Waals surface area (Å²) >= 11 is 0. The molecule has 2 aromatic rings. The fraction of sp³-hybridized carbons (Fsp3) is 0.375. The van der Waals surface area contributed by atoms with Gasteiger partial charge in [0.1, 0.15) is 0 Å². The van der Waals surface area contributed by atoms with Crippen LogP contribution in [0, 0.1) is 5.92 Å². The van der Waals surface area contributed by atoms with Gasteiger partial charge in [-0.1, -0.05) is 24.3 Å². The van der Waals surface area contributed by atoms with Crippen LogP contribution in [0.5, 0.6) is 0 Å². The number of nitrogens with one attached hydrogen (secondary N) is 1. The molecule has 1 atom stereocenters. The first-order valence-electron chi connectivity index (χ1n) is 7.36. The fourth-order valence-electron chi connectivity index (χ4n) is 2.84. The zero-order valence-corrected chi connectivity index (χ0v) is 13.0. The molecule has 6 heteroatoms. The van der Waals surface area contributed by atoms with Crippen molar-refractivity contribution in [3.05, 3.63) is 42.1 Å². The highest BCUT2D eigenvalue weighted by atomic mass is 32.2. The minimum Gasteiger partial charge on any atom is -0.356 e. The van der Waals surface area contributed by atoms with Crippen LogP contribution in [-0.2, 0) is 21.1 Å². The van der Waals surface area contributed by atoms with Gasteiger partial charge in [0.2, 0.25) is 5.91 Å². The van der Waals surface area contributed by atoms with Crippen LogP contribution in [0.3, 0.4) is 0 Å². The minimum atomic E-state index is -3.02. The van der Waals surface area contributed by atoms with E-state index in [-0.39, 0.29) is 17.4 Å². The predicted octanol–water partition coefficient (Wildman–Crippen LogP) is 1.33. The van der Waals surface area contributed by atoms with Crippen LogP contribution in [0.2, 0.25) is 0 Å². The standard InChI is InChI=1S/C16H18N2O3S/c19-16(14-7-10-22(20,21)11-14)18-9-6-13-4-1-3-12-5-2-8-17-15(12)13/h1-5,8,14H,6-7,9-11H2,(H,18,19)/t14-/m0/s1. The van der Waals surface area contributed by atoms with Crippen molar-refractivity contribution in [2.24, 2.45) is 5.92 Å².